The minimum absolute atomic E-state index is 0.607. The van der Waals surface area contributed by atoms with E-state index in [1.54, 1.807) is 28.8 Å². The second-order valence-corrected chi connectivity index (χ2v) is 7.09. The van der Waals surface area contributed by atoms with Crippen LogP contribution >= 0.6 is 11.6 Å². The van der Waals surface area contributed by atoms with Crippen LogP contribution in [0.4, 0.5) is 0 Å². The normalized spacial score (nSPS) is 17.7. The Hall–Kier alpha value is -1.92. The third-order valence-electron chi connectivity index (χ3n) is 5.00. The maximum atomic E-state index is 11.5. The summed E-state index contributed by atoms with van der Waals surface area (Å²) >= 11 is 6.02. The Bertz CT molecular complexity index is 903. The molecule has 26 heavy (non-hydrogen) atoms. The number of ether oxygens (including phenoxy) is 1. The number of methoxy groups -OCH3 is 1. The number of para-hydroxylation sites is 2. The van der Waals surface area contributed by atoms with Crippen molar-refractivity contribution < 1.29 is 9.84 Å². The van der Waals surface area contributed by atoms with Crippen molar-refractivity contribution in [1.82, 2.24) is 14.5 Å². The molecule has 1 fully saturated rings. The smallest absolute Gasteiger partial charge is 0.282 e. The summed E-state index contributed by atoms with van der Waals surface area (Å²) < 4.78 is 7.43. The molecular formula is C20H22ClN3O2. The molecule has 2 aromatic carbocycles. The highest BCUT2D eigenvalue weighted by atomic mass is 35.5. The first-order valence-corrected chi connectivity index (χ1v) is 9.22. The first kappa shape index (κ1) is 17.5. The number of hydrogen-bond acceptors (Lipinski definition) is 4. The third-order valence-corrected chi connectivity index (χ3v) is 5.25. The molecule has 1 aromatic heterocycles. The molecule has 136 valence electrons. The summed E-state index contributed by atoms with van der Waals surface area (Å²) in [6.07, 6.45) is 2.40. The van der Waals surface area contributed by atoms with Crippen LogP contribution < -0.4 is 0 Å². The minimum atomic E-state index is -1.66. The van der Waals surface area contributed by atoms with Gasteiger partial charge >= 0.3 is 0 Å². The lowest BCUT2D eigenvalue weighted by Crippen LogP contribution is -2.39. The molecule has 0 spiro atoms. The average molecular weight is 372 g/mol. The highest BCUT2D eigenvalue weighted by molar-refractivity contribution is 6.30. The molecule has 3 aromatic rings. The Kier molecular flexibility index (Phi) is 4.71. The van der Waals surface area contributed by atoms with Crippen molar-refractivity contribution >= 4 is 22.6 Å². The van der Waals surface area contributed by atoms with Crippen LogP contribution in [0.3, 0.4) is 0 Å². The van der Waals surface area contributed by atoms with E-state index in [4.69, 9.17) is 21.3 Å². The Labute approximate surface area is 157 Å². The first-order valence-electron chi connectivity index (χ1n) is 8.84. The third kappa shape index (κ3) is 3.01. The minimum Gasteiger partial charge on any atom is -0.345 e. The summed E-state index contributed by atoms with van der Waals surface area (Å²) in [7, 11) is 1.50. The van der Waals surface area contributed by atoms with E-state index in [0.29, 0.717) is 17.1 Å². The summed E-state index contributed by atoms with van der Waals surface area (Å²) in [4.78, 5) is 7.15. The van der Waals surface area contributed by atoms with Gasteiger partial charge in [0.1, 0.15) is 5.82 Å². The molecule has 1 aliphatic rings. The predicted octanol–water partition coefficient (Wildman–Crippen LogP) is 3.58. The number of rotatable bonds is 5. The van der Waals surface area contributed by atoms with E-state index < -0.39 is 5.91 Å². The summed E-state index contributed by atoms with van der Waals surface area (Å²) in [6, 6.07) is 14.9. The molecule has 0 saturated carbocycles. The molecule has 0 bridgehead atoms. The second kappa shape index (κ2) is 7.00. The summed E-state index contributed by atoms with van der Waals surface area (Å²) in [5.41, 5.74) is 2.28. The van der Waals surface area contributed by atoms with Gasteiger partial charge in [0.15, 0.2) is 0 Å². The van der Waals surface area contributed by atoms with Gasteiger partial charge in [-0.15, -0.1) is 0 Å². The summed E-state index contributed by atoms with van der Waals surface area (Å²) in [5.74, 6) is -0.872. The van der Waals surface area contributed by atoms with Crippen molar-refractivity contribution in [3.05, 3.63) is 64.9 Å². The number of fused-ring (bicyclic) bond motifs is 1. The van der Waals surface area contributed by atoms with E-state index in [-0.39, 0.29) is 0 Å². The number of halogens is 1. The predicted molar refractivity (Wildman–Crippen MR) is 102 cm³/mol. The Balaban J connectivity index is 1.87. The van der Waals surface area contributed by atoms with Gasteiger partial charge in [-0.25, -0.2) is 4.98 Å². The lowest BCUT2D eigenvalue weighted by atomic mass is 10.1. The molecule has 0 aliphatic carbocycles. The number of aromatic nitrogens is 2. The molecule has 1 aliphatic heterocycles. The van der Waals surface area contributed by atoms with E-state index in [0.717, 1.165) is 29.9 Å². The highest BCUT2D eigenvalue weighted by Crippen LogP contribution is 2.32. The van der Waals surface area contributed by atoms with Gasteiger partial charge in [-0.05, 0) is 50.2 Å². The zero-order chi connectivity index (χ0) is 18.1. The van der Waals surface area contributed by atoms with E-state index in [9.17, 15) is 5.11 Å². The van der Waals surface area contributed by atoms with Crippen molar-refractivity contribution in [3.63, 3.8) is 0 Å². The Morgan fingerprint density at radius 2 is 1.81 bits per heavy atom. The molecule has 2 heterocycles. The number of aliphatic hydroxyl groups is 1. The molecule has 6 heteroatoms. The fraction of sp³-hybridized carbons (Fsp3) is 0.350. The monoisotopic (exact) mass is 371 g/mol. The van der Waals surface area contributed by atoms with E-state index in [2.05, 4.69) is 4.90 Å². The van der Waals surface area contributed by atoms with Gasteiger partial charge in [0.05, 0.1) is 17.6 Å². The van der Waals surface area contributed by atoms with Crippen LogP contribution in [-0.2, 0) is 17.2 Å². The van der Waals surface area contributed by atoms with Crippen molar-refractivity contribution in [2.75, 3.05) is 20.2 Å². The number of hydrogen-bond donors (Lipinski definition) is 1. The molecule has 4 rings (SSSR count). The number of nitrogens with zero attached hydrogens (tertiary/aromatic N) is 3. The van der Waals surface area contributed by atoms with E-state index in [1.165, 1.54) is 20.0 Å². The molecule has 0 amide bonds. The second-order valence-electron chi connectivity index (χ2n) is 6.65. The molecule has 1 saturated heterocycles. The lowest BCUT2D eigenvalue weighted by Gasteiger charge is -2.31. The van der Waals surface area contributed by atoms with Crippen molar-refractivity contribution in [2.45, 2.75) is 25.3 Å². The summed E-state index contributed by atoms with van der Waals surface area (Å²) in [5, 5.41) is 12.1. The van der Waals surface area contributed by atoms with Crippen LogP contribution in [0.15, 0.2) is 48.5 Å². The number of benzene rings is 2. The van der Waals surface area contributed by atoms with Crippen LogP contribution in [0.5, 0.6) is 0 Å². The van der Waals surface area contributed by atoms with Gasteiger partial charge < -0.3 is 9.84 Å². The van der Waals surface area contributed by atoms with Crippen molar-refractivity contribution in [2.24, 2.45) is 0 Å². The van der Waals surface area contributed by atoms with Gasteiger partial charge in [-0.1, -0.05) is 35.9 Å². The van der Waals surface area contributed by atoms with Gasteiger partial charge in [0.2, 0.25) is 0 Å². The molecule has 5 nitrogen and oxygen atoms in total. The van der Waals surface area contributed by atoms with Crippen molar-refractivity contribution in [1.29, 1.82) is 0 Å². The molecule has 0 radical (unpaired) electrons. The quantitative estimate of drug-likeness (QED) is 0.696. The van der Waals surface area contributed by atoms with Crippen LogP contribution in [0, 0.1) is 0 Å². The largest absolute Gasteiger partial charge is 0.345 e. The Morgan fingerprint density at radius 1 is 1.12 bits per heavy atom. The van der Waals surface area contributed by atoms with Crippen LogP contribution in [0.2, 0.25) is 5.02 Å². The maximum absolute atomic E-state index is 11.5. The zero-order valence-electron chi connectivity index (χ0n) is 14.7. The topological polar surface area (TPSA) is 50.5 Å². The number of likely N-dealkylation sites (tertiary alicyclic amines) is 1. The lowest BCUT2D eigenvalue weighted by molar-refractivity contribution is -0.214. The number of imidazole rings is 1. The van der Waals surface area contributed by atoms with Crippen molar-refractivity contribution in [3.8, 4) is 0 Å². The molecular weight excluding hydrogens is 350 g/mol. The average Bonchev–Trinajstić information content (AvgIpc) is 3.29. The molecule has 1 atom stereocenters. The molecule has 1 unspecified atom stereocenters. The first-order chi connectivity index (χ1) is 12.6. The Morgan fingerprint density at radius 3 is 2.50 bits per heavy atom. The van der Waals surface area contributed by atoms with Gasteiger partial charge in [-0.2, -0.15) is 0 Å². The fourth-order valence-electron chi connectivity index (χ4n) is 3.67. The standard InChI is InChI=1S/C20H22ClN3O2/c1-26-20(25,15-8-10-16(21)11-9-15)24-18-7-3-2-6-17(18)22-19(24)14-23-12-4-5-13-23/h2-3,6-11,25H,4-5,12-14H2,1H3. The zero-order valence-corrected chi connectivity index (χ0v) is 15.5. The van der Waals surface area contributed by atoms with Crippen LogP contribution in [0.25, 0.3) is 11.0 Å². The van der Waals surface area contributed by atoms with E-state index in [1.807, 2.05) is 24.3 Å². The summed E-state index contributed by atoms with van der Waals surface area (Å²) in [6.45, 7) is 2.78. The van der Waals surface area contributed by atoms with Gasteiger partial charge in [0.25, 0.3) is 5.91 Å². The SMILES string of the molecule is COC(O)(c1ccc(Cl)cc1)n1c(CN2CCCC2)nc2ccccc21. The maximum Gasteiger partial charge on any atom is 0.282 e. The van der Waals surface area contributed by atoms with E-state index >= 15 is 0 Å². The highest BCUT2D eigenvalue weighted by Gasteiger charge is 2.36. The fourth-order valence-corrected chi connectivity index (χ4v) is 3.79. The van der Waals surface area contributed by atoms with Crippen LogP contribution in [0.1, 0.15) is 24.2 Å². The van der Waals surface area contributed by atoms with Gasteiger partial charge in [0, 0.05) is 17.7 Å². The molecule has 1 N–H and O–H groups in total. The van der Waals surface area contributed by atoms with Gasteiger partial charge in [-0.3, -0.25) is 9.47 Å². The van der Waals surface area contributed by atoms with Crippen LogP contribution in [-0.4, -0.2) is 39.8 Å².